The first kappa shape index (κ1) is 7.91. The van der Waals surface area contributed by atoms with Crippen molar-refractivity contribution in [3.8, 4) is 0 Å². The van der Waals surface area contributed by atoms with Crippen molar-refractivity contribution in [3.63, 3.8) is 0 Å². The van der Waals surface area contributed by atoms with Crippen molar-refractivity contribution in [1.82, 2.24) is 0 Å². The summed E-state index contributed by atoms with van der Waals surface area (Å²) >= 11 is 0. The molecule has 0 aromatic heterocycles. The number of carbonyl (C=O) groups excluding carboxylic acids is 1. The van der Waals surface area contributed by atoms with E-state index in [0.717, 1.165) is 12.5 Å². The second kappa shape index (κ2) is 3.27. The Bertz CT molecular complexity index is 185. The predicted octanol–water partition coefficient (Wildman–Crippen LogP) is 1.09. The summed E-state index contributed by atoms with van der Waals surface area (Å²) in [6, 6.07) is 0. The van der Waals surface area contributed by atoms with Crippen LogP contribution in [0.1, 0.15) is 19.8 Å². The summed E-state index contributed by atoms with van der Waals surface area (Å²) in [5.74, 6) is -0.910. The molecule has 11 heavy (non-hydrogen) atoms. The summed E-state index contributed by atoms with van der Waals surface area (Å²) < 4.78 is 9.47. The van der Waals surface area contributed by atoms with Crippen molar-refractivity contribution < 1.29 is 19.4 Å². The van der Waals surface area contributed by atoms with E-state index in [1.54, 1.807) is 0 Å². The van der Waals surface area contributed by atoms with E-state index in [1.807, 2.05) is 6.92 Å². The van der Waals surface area contributed by atoms with Crippen LogP contribution >= 0.6 is 0 Å². The summed E-state index contributed by atoms with van der Waals surface area (Å²) in [6.45, 7) is 1.94. The summed E-state index contributed by atoms with van der Waals surface area (Å²) in [7, 11) is 0. The number of cyclic esters (lactones) is 1. The minimum absolute atomic E-state index is 0.361. The second-order valence-electron chi connectivity index (χ2n) is 2.26. The van der Waals surface area contributed by atoms with Crippen LogP contribution in [-0.2, 0) is 14.3 Å². The molecule has 1 aliphatic rings. The highest BCUT2D eigenvalue weighted by atomic mass is 16.7. The fourth-order valence-electron chi connectivity index (χ4n) is 0.811. The van der Waals surface area contributed by atoms with Crippen molar-refractivity contribution in [2.45, 2.75) is 26.1 Å². The molecular weight excluding hydrogens is 148 g/mol. The molecule has 62 valence electrons. The molecule has 0 radical (unpaired) electrons. The molecule has 0 saturated carbocycles. The molecule has 0 fully saturated rings. The second-order valence-corrected chi connectivity index (χ2v) is 2.26. The van der Waals surface area contributed by atoms with Gasteiger partial charge in [0.05, 0.1) is 0 Å². The number of esters is 1. The SMILES string of the molecule is CCCC1OC(=O)C=C(O)O1. The van der Waals surface area contributed by atoms with E-state index in [0.29, 0.717) is 6.42 Å². The van der Waals surface area contributed by atoms with Gasteiger partial charge in [0.1, 0.15) is 6.08 Å². The van der Waals surface area contributed by atoms with Gasteiger partial charge >= 0.3 is 5.97 Å². The van der Waals surface area contributed by atoms with Crippen LogP contribution in [0.4, 0.5) is 0 Å². The van der Waals surface area contributed by atoms with Gasteiger partial charge in [-0.2, -0.15) is 0 Å². The van der Waals surface area contributed by atoms with Crippen molar-refractivity contribution in [1.29, 1.82) is 0 Å². The summed E-state index contributed by atoms with van der Waals surface area (Å²) in [5.41, 5.74) is 0. The molecule has 0 spiro atoms. The quantitative estimate of drug-likeness (QED) is 0.611. The lowest BCUT2D eigenvalue weighted by molar-refractivity contribution is -0.182. The predicted molar refractivity (Wildman–Crippen MR) is 36.6 cm³/mol. The van der Waals surface area contributed by atoms with E-state index >= 15 is 0 Å². The van der Waals surface area contributed by atoms with E-state index < -0.39 is 12.3 Å². The van der Waals surface area contributed by atoms with E-state index in [-0.39, 0.29) is 5.95 Å². The zero-order chi connectivity index (χ0) is 8.27. The van der Waals surface area contributed by atoms with Crippen LogP contribution in [0.15, 0.2) is 12.0 Å². The highest BCUT2D eigenvalue weighted by Crippen LogP contribution is 2.13. The monoisotopic (exact) mass is 158 g/mol. The maximum atomic E-state index is 10.6. The lowest BCUT2D eigenvalue weighted by atomic mass is 10.3. The van der Waals surface area contributed by atoms with Gasteiger partial charge in [-0.05, 0) is 6.42 Å². The Hall–Kier alpha value is -1.19. The van der Waals surface area contributed by atoms with Crippen LogP contribution in [0.3, 0.4) is 0 Å². The Morgan fingerprint density at radius 3 is 2.91 bits per heavy atom. The third kappa shape index (κ3) is 2.14. The molecule has 1 aliphatic heterocycles. The number of ether oxygens (including phenoxy) is 2. The Morgan fingerprint density at radius 1 is 1.64 bits per heavy atom. The van der Waals surface area contributed by atoms with Gasteiger partial charge in [-0.1, -0.05) is 6.92 Å². The normalized spacial score (nSPS) is 23.5. The average molecular weight is 158 g/mol. The number of carbonyl (C=O) groups is 1. The molecule has 1 N–H and O–H groups in total. The molecule has 1 rings (SSSR count). The molecular formula is C7H10O4. The van der Waals surface area contributed by atoms with Crippen LogP contribution in [0.5, 0.6) is 0 Å². The topological polar surface area (TPSA) is 55.8 Å². The van der Waals surface area contributed by atoms with Gasteiger partial charge in [-0.15, -0.1) is 0 Å². The van der Waals surface area contributed by atoms with E-state index in [9.17, 15) is 4.79 Å². The Morgan fingerprint density at radius 2 is 2.36 bits per heavy atom. The van der Waals surface area contributed by atoms with Crippen LogP contribution in [0, 0.1) is 0 Å². The third-order valence-electron chi connectivity index (χ3n) is 1.27. The number of hydrogen-bond donors (Lipinski definition) is 1. The smallest absolute Gasteiger partial charge is 0.341 e. The zero-order valence-electron chi connectivity index (χ0n) is 6.24. The van der Waals surface area contributed by atoms with Gasteiger partial charge in [0.2, 0.25) is 6.29 Å². The fourth-order valence-corrected chi connectivity index (χ4v) is 0.811. The first-order valence-corrected chi connectivity index (χ1v) is 3.50. The zero-order valence-corrected chi connectivity index (χ0v) is 6.24. The van der Waals surface area contributed by atoms with Gasteiger partial charge < -0.3 is 14.6 Å². The average Bonchev–Trinajstić information content (AvgIpc) is 1.85. The largest absolute Gasteiger partial charge is 0.481 e. The van der Waals surface area contributed by atoms with Crippen LogP contribution in [0.2, 0.25) is 0 Å². The fraction of sp³-hybridized carbons (Fsp3) is 0.571. The summed E-state index contributed by atoms with van der Waals surface area (Å²) in [6.07, 6.45) is 1.73. The van der Waals surface area contributed by atoms with E-state index in [1.165, 1.54) is 0 Å². The lowest BCUT2D eigenvalue weighted by Crippen LogP contribution is -2.24. The maximum absolute atomic E-state index is 10.6. The molecule has 0 bridgehead atoms. The van der Waals surface area contributed by atoms with Gasteiger partial charge in [-0.3, -0.25) is 0 Å². The molecule has 1 heterocycles. The molecule has 4 heteroatoms. The summed E-state index contributed by atoms with van der Waals surface area (Å²) in [5, 5.41) is 8.81. The van der Waals surface area contributed by atoms with Crippen molar-refractivity contribution in [2.75, 3.05) is 0 Å². The van der Waals surface area contributed by atoms with Crippen molar-refractivity contribution in [3.05, 3.63) is 12.0 Å². The van der Waals surface area contributed by atoms with Crippen LogP contribution in [0.25, 0.3) is 0 Å². The van der Waals surface area contributed by atoms with E-state index in [2.05, 4.69) is 0 Å². The number of aliphatic hydroxyl groups is 1. The highest BCUT2D eigenvalue weighted by molar-refractivity contribution is 5.82. The van der Waals surface area contributed by atoms with Gasteiger partial charge in [0.25, 0.3) is 5.95 Å². The molecule has 0 amide bonds. The molecule has 0 aromatic rings. The summed E-state index contributed by atoms with van der Waals surface area (Å²) in [4.78, 5) is 10.6. The Labute approximate surface area is 64.4 Å². The number of rotatable bonds is 2. The van der Waals surface area contributed by atoms with E-state index in [4.69, 9.17) is 14.6 Å². The minimum atomic E-state index is -0.613. The minimum Gasteiger partial charge on any atom is -0.481 e. The first-order valence-electron chi connectivity index (χ1n) is 3.50. The number of aliphatic hydroxyl groups excluding tert-OH is 1. The van der Waals surface area contributed by atoms with Crippen molar-refractivity contribution >= 4 is 5.97 Å². The Kier molecular flexibility index (Phi) is 2.36. The maximum Gasteiger partial charge on any atom is 0.341 e. The molecule has 4 nitrogen and oxygen atoms in total. The highest BCUT2D eigenvalue weighted by Gasteiger charge is 2.20. The Balaban J connectivity index is 2.50. The standard InChI is InChI=1S/C7H10O4/c1-2-3-7-10-5(8)4-6(9)11-7/h4,7-8H,2-3H2,1H3. The lowest BCUT2D eigenvalue weighted by Gasteiger charge is -2.20. The van der Waals surface area contributed by atoms with Gasteiger partial charge in [0.15, 0.2) is 0 Å². The molecule has 0 aromatic carbocycles. The van der Waals surface area contributed by atoms with Gasteiger partial charge in [0, 0.05) is 6.42 Å². The van der Waals surface area contributed by atoms with Crippen LogP contribution < -0.4 is 0 Å². The number of hydrogen-bond acceptors (Lipinski definition) is 4. The molecule has 0 aliphatic carbocycles. The van der Waals surface area contributed by atoms with Crippen molar-refractivity contribution in [2.24, 2.45) is 0 Å². The molecule has 1 unspecified atom stereocenters. The van der Waals surface area contributed by atoms with Gasteiger partial charge in [-0.25, -0.2) is 4.79 Å². The first-order chi connectivity index (χ1) is 5.22. The molecule has 0 saturated heterocycles. The van der Waals surface area contributed by atoms with Crippen LogP contribution in [-0.4, -0.2) is 17.4 Å². The third-order valence-corrected chi connectivity index (χ3v) is 1.27. The molecule has 1 atom stereocenters.